The molecule has 6 heteroatoms. The number of sulfonamides is 1. The fourth-order valence-corrected chi connectivity index (χ4v) is 5.18. The Morgan fingerprint density at radius 2 is 1.69 bits per heavy atom. The van der Waals surface area contributed by atoms with Crippen molar-refractivity contribution in [3.63, 3.8) is 0 Å². The Labute approximate surface area is 175 Å². The van der Waals surface area contributed by atoms with Crippen LogP contribution in [0.3, 0.4) is 0 Å². The van der Waals surface area contributed by atoms with Gasteiger partial charge in [0.05, 0.1) is 11.5 Å². The van der Waals surface area contributed by atoms with E-state index in [0.717, 1.165) is 24.2 Å². The molecule has 1 aliphatic rings. The molecule has 0 saturated carbocycles. The highest BCUT2D eigenvalue weighted by atomic mass is 32.2. The van der Waals surface area contributed by atoms with Gasteiger partial charge in [0, 0.05) is 31.9 Å². The van der Waals surface area contributed by atoms with Gasteiger partial charge in [-0.25, -0.2) is 8.42 Å². The first-order chi connectivity index (χ1) is 13.8. The Kier molecular flexibility index (Phi) is 6.85. The molecule has 3 rings (SSSR count). The minimum Gasteiger partial charge on any atom is -0.493 e. The van der Waals surface area contributed by atoms with Crippen molar-refractivity contribution in [1.82, 2.24) is 4.31 Å². The van der Waals surface area contributed by atoms with Gasteiger partial charge in [0.1, 0.15) is 5.75 Å². The topological polar surface area (TPSA) is 49.9 Å². The van der Waals surface area contributed by atoms with E-state index in [-0.39, 0.29) is 0 Å². The minimum atomic E-state index is -3.50. The van der Waals surface area contributed by atoms with E-state index < -0.39 is 10.0 Å². The molecule has 0 amide bonds. The van der Waals surface area contributed by atoms with E-state index in [1.165, 1.54) is 16.8 Å². The Morgan fingerprint density at radius 1 is 0.966 bits per heavy atom. The largest absolute Gasteiger partial charge is 0.493 e. The van der Waals surface area contributed by atoms with Crippen molar-refractivity contribution in [2.45, 2.75) is 45.4 Å². The molecule has 2 aromatic carbocycles. The van der Waals surface area contributed by atoms with Crippen LogP contribution in [0.2, 0.25) is 0 Å². The average molecular weight is 417 g/mol. The number of ether oxygens (including phenoxy) is 1. The highest BCUT2D eigenvalue weighted by Gasteiger charge is 2.29. The van der Waals surface area contributed by atoms with Gasteiger partial charge >= 0.3 is 0 Å². The lowest BCUT2D eigenvalue weighted by Crippen LogP contribution is -2.48. The van der Waals surface area contributed by atoms with Crippen LogP contribution in [-0.2, 0) is 10.0 Å². The first-order valence-corrected chi connectivity index (χ1v) is 11.8. The van der Waals surface area contributed by atoms with Crippen molar-refractivity contribution >= 4 is 15.7 Å². The zero-order valence-corrected chi connectivity index (χ0v) is 18.8. The van der Waals surface area contributed by atoms with Crippen LogP contribution in [0, 0.1) is 20.8 Å². The van der Waals surface area contributed by atoms with Crippen LogP contribution in [0.1, 0.15) is 36.5 Å². The van der Waals surface area contributed by atoms with Crippen LogP contribution in [0.5, 0.6) is 5.75 Å². The maximum Gasteiger partial charge on any atom is 0.243 e. The first-order valence-electron chi connectivity index (χ1n) is 10.4. The van der Waals surface area contributed by atoms with Crippen LogP contribution >= 0.6 is 0 Å². The van der Waals surface area contributed by atoms with Crippen LogP contribution in [0.25, 0.3) is 0 Å². The molecule has 0 unspecified atom stereocenters. The molecule has 5 nitrogen and oxygen atoms in total. The smallest absolute Gasteiger partial charge is 0.243 e. The average Bonchev–Trinajstić information content (AvgIpc) is 2.71. The lowest BCUT2D eigenvalue weighted by molar-refractivity contribution is 0.307. The fraction of sp³-hybridized carbons (Fsp3) is 0.478. The number of hydrogen-bond donors (Lipinski definition) is 0. The zero-order chi connectivity index (χ0) is 21.0. The number of benzene rings is 2. The summed E-state index contributed by atoms with van der Waals surface area (Å²) in [5.74, 6) is 0.761. The number of nitrogens with zero attached hydrogens (tertiary/aromatic N) is 2. The quantitative estimate of drug-likeness (QED) is 0.632. The van der Waals surface area contributed by atoms with Gasteiger partial charge in [-0.3, -0.25) is 0 Å². The Morgan fingerprint density at radius 3 is 2.34 bits per heavy atom. The normalized spacial score (nSPS) is 15.5. The monoisotopic (exact) mass is 416 g/mol. The summed E-state index contributed by atoms with van der Waals surface area (Å²) < 4.78 is 33.6. The molecule has 1 saturated heterocycles. The third-order valence-corrected chi connectivity index (χ3v) is 7.59. The second kappa shape index (κ2) is 9.18. The molecule has 1 aliphatic heterocycles. The van der Waals surface area contributed by atoms with Gasteiger partial charge < -0.3 is 9.64 Å². The summed E-state index contributed by atoms with van der Waals surface area (Å²) in [4.78, 5) is 2.63. The molecule has 2 aromatic rings. The van der Waals surface area contributed by atoms with E-state index in [2.05, 4.69) is 43.9 Å². The van der Waals surface area contributed by atoms with Crippen molar-refractivity contribution in [3.8, 4) is 5.75 Å². The number of anilines is 1. The molecule has 158 valence electrons. The first kappa shape index (κ1) is 21.7. The predicted octanol–water partition coefficient (Wildman–Crippen LogP) is 4.30. The fourth-order valence-electron chi connectivity index (χ4n) is 3.67. The highest BCUT2D eigenvalue weighted by molar-refractivity contribution is 7.89. The maximum atomic E-state index is 13.1. The molecule has 0 spiro atoms. The molecule has 0 N–H and O–H groups in total. The van der Waals surface area contributed by atoms with Crippen molar-refractivity contribution in [2.24, 2.45) is 0 Å². The van der Waals surface area contributed by atoms with Gasteiger partial charge in [-0.2, -0.15) is 4.31 Å². The van der Waals surface area contributed by atoms with E-state index >= 15 is 0 Å². The van der Waals surface area contributed by atoms with Gasteiger partial charge in [-0.1, -0.05) is 25.5 Å². The minimum absolute atomic E-state index is 0.345. The van der Waals surface area contributed by atoms with E-state index in [1.807, 2.05) is 6.92 Å². The van der Waals surface area contributed by atoms with E-state index in [0.29, 0.717) is 37.7 Å². The number of piperazine rings is 1. The number of aryl methyl sites for hydroxylation is 2. The van der Waals surface area contributed by atoms with Crippen molar-refractivity contribution < 1.29 is 13.2 Å². The zero-order valence-electron chi connectivity index (χ0n) is 17.9. The highest BCUT2D eigenvalue weighted by Crippen LogP contribution is 2.27. The summed E-state index contributed by atoms with van der Waals surface area (Å²) in [5.41, 5.74) is 4.58. The molecule has 1 fully saturated rings. The van der Waals surface area contributed by atoms with Crippen molar-refractivity contribution in [3.05, 3.63) is 53.1 Å². The number of unbranched alkanes of at least 4 members (excludes halogenated alkanes) is 1. The second-order valence-corrected chi connectivity index (χ2v) is 9.68. The Balaban J connectivity index is 1.70. The van der Waals surface area contributed by atoms with Crippen LogP contribution in [-0.4, -0.2) is 45.5 Å². The molecule has 0 atom stereocenters. The number of hydrogen-bond acceptors (Lipinski definition) is 4. The molecule has 0 aromatic heterocycles. The van der Waals surface area contributed by atoms with Gasteiger partial charge in [-0.05, 0) is 68.1 Å². The molecular formula is C23H32N2O3S. The third-order valence-electron chi connectivity index (χ3n) is 5.69. The van der Waals surface area contributed by atoms with Gasteiger partial charge in [0.15, 0.2) is 0 Å². The Bertz CT molecular complexity index is 949. The van der Waals surface area contributed by atoms with E-state index in [1.54, 1.807) is 22.5 Å². The summed E-state index contributed by atoms with van der Waals surface area (Å²) in [7, 11) is -3.50. The van der Waals surface area contributed by atoms with Gasteiger partial charge in [0.25, 0.3) is 0 Å². The summed E-state index contributed by atoms with van der Waals surface area (Å²) >= 11 is 0. The predicted molar refractivity (Wildman–Crippen MR) is 118 cm³/mol. The van der Waals surface area contributed by atoms with Crippen LogP contribution in [0.4, 0.5) is 5.69 Å². The number of rotatable bonds is 7. The summed E-state index contributed by atoms with van der Waals surface area (Å²) in [5, 5.41) is 0. The standard InChI is InChI=1S/C23H32N2O3S/c1-5-6-16-28-23-11-10-21(17-19(23)3)29(26,27)25-14-12-24(13-15-25)22-9-7-8-18(2)20(22)4/h7-11,17H,5-6,12-16H2,1-4H3. The van der Waals surface area contributed by atoms with Crippen molar-refractivity contribution in [1.29, 1.82) is 0 Å². The maximum absolute atomic E-state index is 13.1. The second-order valence-electron chi connectivity index (χ2n) is 7.74. The third kappa shape index (κ3) is 4.75. The lowest BCUT2D eigenvalue weighted by Gasteiger charge is -2.36. The molecule has 1 heterocycles. The molecule has 0 aliphatic carbocycles. The Hall–Kier alpha value is -2.05. The molecule has 0 bridgehead atoms. The summed E-state index contributed by atoms with van der Waals surface area (Å²) in [6.45, 7) is 11.3. The van der Waals surface area contributed by atoms with Crippen LogP contribution in [0.15, 0.2) is 41.3 Å². The summed E-state index contributed by atoms with van der Waals surface area (Å²) in [6.07, 6.45) is 2.06. The SMILES string of the molecule is CCCCOc1ccc(S(=O)(=O)N2CCN(c3cccc(C)c3C)CC2)cc1C. The molecule has 0 radical (unpaired) electrons. The van der Waals surface area contributed by atoms with E-state index in [9.17, 15) is 8.42 Å². The molecule has 29 heavy (non-hydrogen) atoms. The lowest BCUT2D eigenvalue weighted by atomic mass is 10.1. The summed E-state index contributed by atoms with van der Waals surface area (Å²) in [6, 6.07) is 11.5. The van der Waals surface area contributed by atoms with Crippen molar-refractivity contribution in [2.75, 3.05) is 37.7 Å². The van der Waals surface area contributed by atoms with Gasteiger partial charge in [0.2, 0.25) is 10.0 Å². The molecular weight excluding hydrogens is 384 g/mol. The van der Waals surface area contributed by atoms with Crippen LogP contribution < -0.4 is 9.64 Å². The van der Waals surface area contributed by atoms with Gasteiger partial charge in [-0.15, -0.1) is 0 Å². The van der Waals surface area contributed by atoms with E-state index in [4.69, 9.17) is 4.74 Å².